The number of anilines is 1. The second-order valence-electron chi connectivity index (χ2n) is 6.21. The van der Waals surface area contributed by atoms with E-state index in [1.165, 1.54) is 30.9 Å². The van der Waals surface area contributed by atoms with Crippen LogP contribution in [0, 0.1) is 0 Å². The first kappa shape index (κ1) is 19.5. The van der Waals surface area contributed by atoms with Crippen LogP contribution in [0.25, 0.3) is 0 Å². The number of rotatable bonds is 9. The van der Waals surface area contributed by atoms with Gasteiger partial charge in [0, 0.05) is 31.9 Å². The van der Waals surface area contributed by atoms with Crippen LogP contribution < -0.4 is 10.1 Å². The van der Waals surface area contributed by atoms with Crippen LogP contribution in [0.2, 0.25) is 0 Å². The van der Waals surface area contributed by atoms with Crippen molar-refractivity contribution in [3.05, 3.63) is 42.2 Å². The molecule has 0 atom stereocenters. The van der Waals surface area contributed by atoms with E-state index >= 15 is 0 Å². The number of carboxylic acid groups (broad SMARTS) is 1. The average molecular weight is 361 g/mol. The Labute approximate surface area is 151 Å². The third-order valence-corrected chi connectivity index (χ3v) is 3.79. The largest absolute Gasteiger partial charge is 0.493 e. The van der Waals surface area contributed by atoms with Gasteiger partial charge in [-0.15, -0.1) is 0 Å². The Morgan fingerprint density at radius 1 is 1.31 bits per heavy atom. The van der Waals surface area contributed by atoms with Gasteiger partial charge in [-0.05, 0) is 32.0 Å². The summed E-state index contributed by atoms with van der Waals surface area (Å²) in [5, 5.41) is 15.9. The number of nitrogens with zero attached hydrogens (tertiary/aromatic N) is 2. The monoisotopic (exact) mass is 361 g/mol. The first-order valence-electron chi connectivity index (χ1n) is 8.16. The minimum absolute atomic E-state index is 0.333. The zero-order valence-electron chi connectivity index (χ0n) is 15.1. The lowest BCUT2D eigenvalue weighted by molar-refractivity contribution is -0.146. The van der Waals surface area contributed by atoms with E-state index in [-0.39, 0.29) is 5.91 Å². The Kier molecular flexibility index (Phi) is 6.35. The molecule has 1 aromatic carbocycles. The number of nitrogens with one attached hydrogen (secondary N) is 1. The molecule has 0 aliphatic heterocycles. The number of aliphatic carboxylic acids is 1. The number of carboxylic acids is 1. The molecule has 8 nitrogen and oxygen atoms in total. The lowest BCUT2D eigenvalue weighted by Crippen LogP contribution is -2.35. The lowest BCUT2D eigenvalue weighted by Gasteiger charge is -2.19. The number of methoxy groups -OCH3 is 1. The highest BCUT2D eigenvalue weighted by Crippen LogP contribution is 2.19. The van der Waals surface area contributed by atoms with Crippen LogP contribution in [0.1, 0.15) is 30.6 Å². The van der Waals surface area contributed by atoms with Crippen molar-refractivity contribution in [2.24, 2.45) is 0 Å². The Hall–Kier alpha value is -2.87. The predicted octanol–water partition coefficient (Wildman–Crippen LogP) is 2.37. The van der Waals surface area contributed by atoms with Crippen LogP contribution in [0.15, 0.2) is 36.7 Å². The summed E-state index contributed by atoms with van der Waals surface area (Å²) < 4.78 is 11.8. The minimum Gasteiger partial charge on any atom is -0.493 e. The number of carbonyl (C=O) groups is 2. The van der Waals surface area contributed by atoms with E-state index in [0.29, 0.717) is 30.2 Å². The van der Waals surface area contributed by atoms with Gasteiger partial charge in [0.2, 0.25) is 0 Å². The highest BCUT2D eigenvalue weighted by molar-refractivity contribution is 6.04. The summed E-state index contributed by atoms with van der Waals surface area (Å²) in [6.07, 6.45) is 3.65. The molecule has 2 N–H and O–H groups in total. The third-order valence-electron chi connectivity index (χ3n) is 3.79. The molecule has 2 aromatic rings. The summed E-state index contributed by atoms with van der Waals surface area (Å²) in [4.78, 5) is 23.7. The molecule has 1 amide bonds. The molecular weight excluding hydrogens is 338 g/mol. The van der Waals surface area contributed by atoms with Gasteiger partial charge in [-0.25, -0.2) is 4.79 Å². The van der Waals surface area contributed by atoms with Crippen molar-refractivity contribution in [1.29, 1.82) is 0 Å². The second kappa shape index (κ2) is 8.48. The van der Waals surface area contributed by atoms with E-state index < -0.39 is 11.5 Å². The number of carbonyl (C=O) groups excluding carboxylic acids is 1. The van der Waals surface area contributed by atoms with Crippen molar-refractivity contribution in [2.75, 3.05) is 25.6 Å². The van der Waals surface area contributed by atoms with E-state index in [9.17, 15) is 14.7 Å². The van der Waals surface area contributed by atoms with Crippen molar-refractivity contribution in [2.45, 2.75) is 25.8 Å². The van der Waals surface area contributed by atoms with Crippen LogP contribution in [0.5, 0.6) is 5.75 Å². The molecule has 0 spiro atoms. The number of benzene rings is 1. The van der Waals surface area contributed by atoms with Gasteiger partial charge < -0.3 is 19.9 Å². The van der Waals surface area contributed by atoms with Crippen LogP contribution in [0.4, 0.5) is 5.69 Å². The van der Waals surface area contributed by atoms with Gasteiger partial charge in [0.25, 0.3) is 5.91 Å². The molecule has 0 radical (unpaired) electrons. The van der Waals surface area contributed by atoms with Gasteiger partial charge in [0.1, 0.15) is 5.75 Å². The molecule has 0 saturated heterocycles. The second-order valence-corrected chi connectivity index (χ2v) is 6.21. The Balaban J connectivity index is 2.02. The summed E-state index contributed by atoms with van der Waals surface area (Å²) in [5.74, 6) is -0.756. The summed E-state index contributed by atoms with van der Waals surface area (Å²) in [6.45, 7) is 4.16. The normalized spacial score (nSPS) is 11.2. The number of aromatic nitrogens is 2. The summed E-state index contributed by atoms with van der Waals surface area (Å²) in [7, 11) is 1.63. The zero-order chi connectivity index (χ0) is 19.2. The van der Waals surface area contributed by atoms with Crippen molar-refractivity contribution >= 4 is 17.6 Å². The first-order valence-corrected chi connectivity index (χ1v) is 8.16. The van der Waals surface area contributed by atoms with E-state index in [4.69, 9.17) is 9.47 Å². The number of hydrogen-bond donors (Lipinski definition) is 2. The minimum atomic E-state index is -1.21. The maximum atomic E-state index is 12.4. The van der Waals surface area contributed by atoms with Crippen LogP contribution in [-0.2, 0) is 15.1 Å². The maximum Gasteiger partial charge on any atom is 0.331 e. The van der Waals surface area contributed by atoms with Crippen molar-refractivity contribution in [3.63, 3.8) is 0 Å². The molecular formula is C18H23N3O5. The molecule has 1 heterocycles. The van der Waals surface area contributed by atoms with Gasteiger partial charge in [-0.1, -0.05) is 6.07 Å². The standard InChI is InChI=1S/C18H23N3O5/c1-18(2,17(23)24)21-12-14(11-19-21)20-16(22)13-6-4-7-15(10-13)26-9-5-8-25-3/h4,6-7,10-12H,5,8-9H2,1-3H3,(H,20,22)(H,23,24). The molecule has 8 heteroatoms. The fourth-order valence-electron chi connectivity index (χ4n) is 2.11. The molecule has 0 bridgehead atoms. The molecule has 0 unspecified atom stereocenters. The maximum absolute atomic E-state index is 12.4. The van der Waals surface area contributed by atoms with Gasteiger partial charge in [0.05, 0.1) is 18.5 Å². The fourth-order valence-corrected chi connectivity index (χ4v) is 2.11. The van der Waals surface area contributed by atoms with Crippen molar-refractivity contribution in [1.82, 2.24) is 9.78 Å². The molecule has 1 aromatic heterocycles. The summed E-state index contributed by atoms with van der Waals surface area (Å²) in [5.41, 5.74) is -0.367. The highest BCUT2D eigenvalue weighted by Gasteiger charge is 2.30. The molecule has 0 aliphatic carbocycles. The fraction of sp³-hybridized carbons (Fsp3) is 0.389. The van der Waals surface area contributed by atoms with E-state index in [2.05, 4.69) is 10.4 Å². The Morgan fingerprint density at radius 3 is 2.77 bits per heavy atom. The Bertz CT molecular complexity index is 770. The van der Waals surface area contributed by atoms with Gasteiger partial charge in [-0.2, -0.15) is 5.10 Å². The number of hydrogen-bond acceptors (Lipinski definition) is 5. The molecule has 2 rings (SSSR count). The SMILES string of the molecule is COCCCOc1cccc(C(=O)Nc2cnn(C(C)(C)C(=O)O)c2)c1. The predicted molar refractivity (Wildman–Crippen MR) is 95.6 cm³/mol. The Morgan fingerprint density at radius 2 is 2.08 bits per heavy atom. The van der Waals surface area contributed by atoms with E-state index in [1.807, 2.05) is 0 Å². The van der Waals surface area contributed by atoms with Crippen LogP contribution >= 0.6 is 0 Å². The topological polar surface area (TPSA) is 103 Å². The average Bonchev–Trinajstić information content (AvgIpc) is 3.08. The number of ether oxygens (including phenoxy) is 2. The molecule has 26 heavy (non-hydrogen) atoms. The van der Waals surface area contributed by atoms with E-state index in [1.54, 1.807) is 31.4 Å². The van der Waals surface area contributed by atoms with Gasteiger partial charge >= 0.3 is 5.97 Å². The smallest absolute Gasteiger partial charge is 0.331 e. The molecule has 0 fully saturated rings. The summed E-state index contributed by atoms with van der Waals surface area (Å²) >= 11 is 0. The zero-order valence-corrected chi connectivity index (χ0v) is 15.1. The lowest BCUT2D eigenvalue weighted by atomic mass is 10.1. The van der Waals surface area contributed by atoms with Crippen molar-refractivity contribution < 1.29 is 24.2 Å². The van der Waals surface area contributed by atoms with Gasteiger partial charge in [-0.3, -0.25) is 9.48 Å². The quantitative estimate of drug-likeness (QED) is 0.665. The first-order chi connectivity index (χ1) is 12.3. The van der Waals surface area contributed by atoms with Crippen molar-refractivity contribution in [3.8, 4) is 5.75 Å². The molecule has 140 valence electrons. The summed E-state index contributed by atoms with van der Waals surface area (Å²) in [6, 6.07) is 6.82. The van der Waals surface area contributed by atoms with Gasteiger partial charge in [0.15, 0.2) is 5.54 Å². The molecule has 0 saturated carbocycles. The molecule has 0 aliphatic rings. The van der Waals surface area contributed by atoms with Crippen LogP contribution in [-0.4, -0.2) is 47.1 Å². The van der Waals surface area contributed by atoms with E-state index in [0.717, 1.165) is 6.42 Å². The number of amides is 1. The third kappa shape index (κ3) is 4.82. The highest BCUT2D eigenvalue weighted by atomic mass is 16.5. The van der Waals surface area contributed by atoms with Crippen LogP contribution in [0.3, 0.4) is 0 Å².